The van der Waals surface area contributed by atoms with Crippen molar-refractivity contribution in [2.24, 2.45) is 7.05 Å². The number of imidazole rings is 1. The fourth-order valence-electron chi connectivity index (χ4n) is 2.12. The highest BCUT2D eigenvalue weighted by molar-refractivity contribution is 5.54. The first-order chi connectivity index (χ1) is 8.79. The number of nitrogens with zero attached hydrogens (tertiary/aromatic N) is 4. The van der Waals surface area contributed by atoms with Gasteiger partial charge in [0.15, 0.2) is 11.6 Å². The molecule has 0 aliphatic carbocycles. The van der Waals surface area contributed by atoms with E-state index in [9.17, 15) is 0 Å². The summed E-state index contributed by atoms with van der Waals surface area (Å²) >= 11 is 0. The first kappa shape index (κ1) is 11.2. The van der Waals surface area contributed by atoms with E-state index >= 15 is 0 Å². The Morgan fingerprint density at radius 1 is 1.39 bits per heavy atom. The number of nitrogens with one attached hydrogen (secondary N) is 1. The van der Waals surface area contributed by atoms with Crippen LogP contribution in [-0.4, -0.2) is 33.2 Å². The molecule has 2 aromatic rings. The molecule has 0 bridgehead atoms. The van der Waals surface area contributed by atoms with Gasteiger partial charge in [-0.05, 0) is 0 Å². The zero-order valence-electron chi connectivity index (χ0n) is 10.5. The number of rotatable bonds is 2. The molecule has 0 saturated carbocycles. The Labute approximate surface area is 105 Å². The lowest BCUT2D eigenvalue weighted by Crippen LogP contribution is -2.16. The second-order valence-electron chi connectivity index (χ2n) is 4.24. The van der Waals surface area contributed by atoms with E-state index in [2.05, 4.69) is 20.3 Å². The molecule has 94 valence electrons. The van der Waals surface area contributed by atoms with Crippen LogP contribution in [0.5, 0.6) is 0 Å². The lowest BCUT2D eigenvalue weighted by Gasteiger charge is -2.19. The molecule has 6 heteroatoms. The van der Waals surface area contributed by atoms with Gasteiger partial charge in [-0.2, -0.15) is 0 Å². The van der Waals surface area contributed by atoms with Gasteiger partial charge in [-0.1, -0.05) is 0 Å². The summed E-state index contributed by atoms with van der Waals surface area (Å²) in [5.41, 5.74) is 2.11. The second kappa shape index (κ2) is 4.38. The first-order valence-corrected chi connectivity index (χ1v) is 5.92. The van der Waals surface area contributed by atoms with Crippen LogP contribution in [0.25, 0.3) is 11.6 Å². The molecule has 0 unspecified atom stereocenters. The molecular formula is C12H15N5O. The zero-order valence-corrected chi connectivity index (χ0v) is 10.5. The van der Waals surface area contributed by atoms with Crippen molar-refractivity contribution in [2.75, 3.05) is 19.0 Å². The number of aryl methyl sites for hydroxylation is 1. The van der Waals surface area contributed by atoms with Crippen LogP contribution in [0.15, 0.2) is 12.4 Å². The van der Waals surface area contributed by atoms with E-state index in [1.54, 1.807) is 6.20 Å². The van der Waals surface area contributed by atoms with Crippen molar-refractivity contribution in [3.05, 3.63) is 23.7 Å². The van der Waals surface area contributed by atoms with E-state index in [1.165, 1.54) is 0 Å². The molecule has 0 saturated heterocycles. The molecule has 0 radical (unpaired) electrons. The Hall–Kier alpha value is -1.95. The maximum atomic E-state index is 5.45. The summed E-state index contributed by atoms with van der Waals surface area (Å²) in [6, 6.07) is 0. The molecule has 3 heterocycles. The van der Waals surface area contributed by atoms with Crippen LogP contribution in [0.3, 0.4) is 0 Å². The Kier molecular flexibility index (Phi) is 2.71. The number of ether oxygens (including phenoxy) is 1. The Morgan fingerprint density at radius 2 is 2.28 bits per heavy atom. The summed E-state index contributed by atoms with van der Waals surface area (Å²) in [5, 5.41) is 3.11. The topological polar surface area (TPSA) is 64.9 Å². The normalized spacial score (nSPS) is 14.3. The first-order valence-electron chi connectivity index (χ1n) is 5.92. The third-order valence-electron chi connectivity index (χ3n) is 3.08. The zero-order chi connectivity index (χ0) is 12.5. The van der Waals surface area contributed by atoms with Crippen LogP contribution in [0.1, 0.15) is 11.3 Å². The van der Waals surface area contributed by atoms with E-state index in [0.717, 1.165) is 29.3 Å². The van der Waals surface area contributed by atoms with E-state index in [0.29, 0.717) is 19.0 Å². The Bertz CT molecular complexity index is 561. The maximum Gasteiger partial charge on any atom is 0.198 e. The minimum atomic E-state index is 0.576. The van der Waals surface area contributed by atoms with Gasteiger partial charge < -0.3 is 14.6 Å². The number of anilines is 1. The molecule has 18 heavy (non-hydrogen) atoms. The van der Waals surface area contributed by atoms with Crippen molar-refractivity contribution in [3.8, 4) is 11.6 Å². The molecule has 6 nitrogen and oxygen atoms in total. The molecule has 2 aromatic heterocycles. The van der Waals surface area contributed by atoms with Crippen LogP contribution in [-0.2, 0) is 24.8 Å². The Morgan fingerprint density at radius 3 is 3.00 bits per heavy atom. The van der Waals surface area contributed by atoms with Gasteiger partial charge in [0, 0.05) is 38.5 Å². The quantitative estimate of drug-likeness (QED) is 0.854. The summed E-state index contributed by atoms with van der Waals surface area (Å²) in [6.07, 6.45) is 4.46. The van der Waals surface area contributed by atoms with E-state index in [4.69, 9.17) is 4.74 Å². The SMILES string of the molecule is CNc1nc(-c2nccn2C)nc2c1COCC2. The summed E-state index contributed by atoms with van der Waals surface area (Å²) in [6.45, 7) is 1.29. The van der Waals surface area contributed by atoms with Gasteiger partial charge >= 0.3 is 0 Å². The summed E-state index contributed by atoms with van der Waals surface area (Å²) in [7, 11) is 3.80. The molecule has 0 amide bonds. The smallest absolute Gasteiger partial charge is 0.198 e. The van der Waals surface area contributed by atoms with E-state index in [1.807, 2.05) is 24.9 Å². The van der Waals surface area contributed by atoms with Gasteiger partial charge in [0.2, 0.25) is 0 Å². The van der Waals surface area contributed by atoms with Crippen molar-refractivity contribution in [2.45, 2.75) is 13.0 Å². The molecule has 1 aliphatic rings. The minimum absolute atomic E-state index is 0.576. The molecule has 0 fully saturated rings. The van der Waals surface area contributed by atoms with Crippen molar-refractivity contribution >= 4 is 5.82 Å². The van der Waals surface area contributed by atoms with Gasteiger partial charge in [-0.25, -0.2) is 15.0 Å². The molecule has 0 spiro atoms. The summed E-state index contributed by atoms with van der Waals surface area (Å²) in [4.78, 5) is 13.4. The fraction of sp³-hybridized carbons (Fsp3) is 0.417. The highest BCUT2D eigenvalue weighted by Crippen LogP contribution is 2.24. The summed E-state index contributed by atoms with van der Waals surface area (Å²) in [5.74, 6) is 2.27. The van der Waals surface area contributed by atoms with Gasteiger partial charge in [-0.15, -0.1) is 0 Å². The van der Waals surface area contributed by atoms with Crippen LogP contribution in [0.2, 0.25) is 0 Å². The molecule has 1 N–H and O–H groups in total. The predicted octanol–water partition coefficient (Wildman–Crippen LogP) is 0.991. The van der Waals surface area contributed by atoms with Gasteiger partial charge in [0.25, 0.3) is 0 Å². The van der Waals surface area contributed by atoms with Crippen molar-refractivity contribution in [1.29, 1.82) is 0 Å². The lowest BCUT2D eigenvalue weighted by atomic mass is 10.1. The maximum absolute atomic E-state index is 5.45. The third kappa shape index (κ3) is 1.74. The Balaban J connectivity index is 2.14. The molecule has 1 aliphatic heterocycles. The van der Waals surface area contributed by atoms with Crippen LogP contribution in [0.4, 0.5) is 5.82 Å². The summed E-state index contributed by atoms with van der Waals surface area (Å²) < 4.78 is 7.37. The van der Waals surface area contributed by atoms with Crippen LogP contribution >= 0.6 is 0 Å². The van der Waals surface area contributed by atoms with E-state index in [-0.39, 0.29) is 0 Å². The van der Waals surface area contributed by atoms with Crippen LogP contribution < -0.4 is 5.32 Å². The average molecular weight is 245 g/mol. The number of aromatic nitrogens is 4. The van der Waals surface area contributed by atoms with Crippen molar-refractivity contribution in [3.63, 3.8) is 0 Å². The van der Waals surface area contributed by atoms with Crippen molar-refractivity contribution in [1.82, 2.24) is 19.5 Å². The van der Waals surface area contributed by atoms with Crippen molar-refractivity contribution < 1.29 is 4.74 Å². The minimum Gasteiger partial charge on any atom is -0.376 e. The highest BCUT2D eigenvalue weighted by Gasteiger charge is 2.19. The van der Waals surface area contributed by atoms with Gasteiger partial charge in [-0.3, -0.25) is 0 Å². The van der Waals surface area contributed by atoms with Gasteiger partial charge in [0.1, 0.15) is 5.82 Å². The molecule has 3 rings (SSSR count). The average Bonchev–Trinajstić information content (AvgIpc) is 2.83. The van der Waals surface area contributed by atoms with Crippen LogP contribution in [0, 0.1) is 0 Å². The molecule has 0 aromatic carbocycles. The second-order valence-corrected chi connectivity index (χ2v) is 4.24. The third-order valence-corrected chi connectivity index (χ3v) is 3.08. The molecule has 0 atom stereocenters. The highest BCUT2D eigenvalue weighted by atomic mass is 16.5. The standard InChI is InChI=1S/C12H15N5O/c1-13-10-8-7-18-6-3-9(8)15-11(16-10)12-14-4-5-17(12)2/h4-5H,3,6-7H2,1-2H3,(H,13,15,16). The number of hydrogen-bond donors (Lipinski definition) is 1. The number of hydrogen-bond acceptors (Lipinski definition) is 5. The largest absolute Gasteiger partial charge is 0.376 e. The fourth-order valence-corrected chi connectivity index (χ4v) is 2.12. The van der Waals surface area contributed by atoms with E-state index < -0.39 is 0 Å². The monoisotopic (exact) mass is 245 g/mol. The molecular weight excluding hydrogens is 230 g/mol. The number of fused-ring (bicyclic) bond motifs is 1. The lowest BCUT2D eigenvalue weighted by molar-refractivity contribution is 0.109. The predicted molar refractivity (Wildman–Crippen MR) is 67.1 cm³/mol. The van der Waals surface area contributed by atoms with Gasteiger partial charge in [0.05, 0.1) is 18.9 Å².